The first-order chi connectivity index (χ1) is 18.4. The highest BCUT2D eigenvalue weighted by Crippen LogP contribution is 2.46. The number of fused-ring (bicyclic) bond motifs is 5. The third-order valence-electron chi connectivity index (χ3n) is 7.55. The van der Waals surface area contributed by atoms with Crippen LogP contribution >= 0.6 is 0 Å². The number of methoxy groups -OCH3 is 1. The van der Waals surface area contributed by atoms with Gasteiger partial charge >= 0.3 is 6.03 Å². The summed E-state index contributed by atoms with van der Waals surface area (Å²) < 4.78 is 11.0. The van der Waals surface area contributed by atoms with Gasteiger partial charge < -0.3 is 24.7 Å². The molecule has 2 aliphatic rings. The van der Waals surface area contributed by atoms with Gasteiger partial charge in [-0.15, -0.1) is 0 Å². The van der Waals surface area contributed by atoms with Crippen LogP contribution in [0.1, 0.15) is 54.7 Å². The predicted molar refractivity (Wildman–Crippen MR) is 145 cm³/mol. The van der Waals surface area contributed by atoms with E-state index in [4.69, 9.17) is 9.47 Å². The number of urea groups is 1. The van der Waals surface area contributed by atoms with Gasteiger partial charge in [-0.3, -0.25) is 9.59 Å². The standard InChI is InChI=1S/C29H34N4O5/c1-4-5-16-38-17-8-14-30-26(34)21-9-6-7-10-24(21)33-27(35)29(2)25-20(13-15-32(29)28(33)36)22-18-19(37-3)11-12-23(22)31-25/h6-7,9-12,18,31H,4-5,8,13-17H2,1-3H3,(H,30,34). The lowest BCUT2D eigenvalue weighted by molar-refractivity contribution is -0.125. The zero-order chi connectivity index (χ0) is 26.9. The first-order valence-electron chi connectivity index (χ1n) is 13.2. The van der Waals surface area contributed by atoms with Crippen molar-refractivity contribution in [2.75, 3.05) is 38.3 Å². The van der Waals surface area contributed by atoms with Gasteiger partial charge in [0.1, 0.15) is 5.75 Å². The fourth-order valence-corrected chi connectivity index (χ4v) is 5.44. The van der Waals surface area contributed by atoms with Crippen molar-refractivity contribution in [3.8, 4) is 5.75 Å². The second kappa shape index (κ2) is 10.5. The molecule has 9 nitrogen and oxygen atoms in total. The third-order valence-corrected chi connectivity index (χ3v) is 7.55. The van der Waals surface area contributed by atoms with E-state index >= 15 is 0 Å². The second-order valence-corrected chi connectivity index (χ2v) is 9.88. The normalized spacial score (nSPS) is 18.6. The lowest BCUT2D eigenvalue weighted by atomic mass is 9.87. The van der Waals surface area contributed by atoms with E-state index in [1.165, 1.54) is 0 Å². The van der Waals surface area contributed by atoms with Crippen LogP contribution in [0.3, 0.4) is 0 Å². The minimum atomic E-state index is -1.21. The monoisotopic (exact) mass is 518 g/mol. The van der Waals surface area contributed by atoms with Gasteiger partial charge in [-0.1, -0.05) is 25.5 Å². The molecule has 1 aromatic heterocycles. The molecular formula is C29H34N4O5. The third kappa shape index (κ3) is 4.20. The first kappa shape index (κ1) is 25.8. The molecule has 3 heterocycles. The summed E-state index contributed by atoms with van der Waals surface area (Å²) in [6, 6.07) is 12.1. The number of para-hydroxylation sites is 1. The number of aromatic amines is 1. The van der Waals surface area contributed by atoms with Crippen LogP contribution in [0.5, 0.6) is 5.75 Å². The summed E-state index contributed by atoms with van der Waals surface area (Å²) in [5.74, 6) is 0.0181. The number of rotatable bonds is 10. The van der Waals surface area contributed by atoms with Gasteiger partial charge in [0.2, 0.25) is 0 Å². The molecule has 38 heavy (non-hydrogen) atoms. The Morgan fingerprint density at radius 1 is 1.13 bits per heavy atom. The van der Waals surface area contributed by atoms with Crippen molar-refractivity contribution in [2.45, 2.75) is 45.1 Å². The summed E-state index contributed by atoms with van der Waals surface area (Å²) >= 11 is 0. The number of carbonyl (C=O) groups excluding carboxylic acids is 3. The zero-order valence-electron chi connectivity index (χ0n) is 22.1. The number of nitrogens with one attached hydrogen (secondary N) is 2. The molecule has 0 saturated carbocycles. The smallest absolute Gasteiger partial charge is 0.332 e. The summed E-state index contributed by atoms with van der Waals surface area (Å²) in [5, 5.41) is 3.88. The van der Waals surface area contributed by atoms with Crippen LogP contribution in [0.2, 0.25) is 0 Å². The minimum Gasteiger partial charge on any atom is -0.497 e. The number of hydrogen-bond acceptors (Lipinski definition) is 5. The molecule has 3 aromatic rings. The summed E-state index contributed by atoms with van der Waals surface area (Å²) in [6.07, 6.45) is 3.38. The molecule has 2 aliphatic heterocycles. The molecule has 0 radical (unpaired) electrons. The molecule has 1 atom stereocenters. The van der Waals surface area contributed by atoms with E-state index in [-0.39, 0.29) is 23.1 Å². The molecule has 1 fully saturated rings. The van der Waals surface area contributed by atoms with Gasteiger partial charge in [0.15, 0.2) is 5.54 Å². The maximum atomic E-state index is 14.1. The molecule has 2 aromatic carbocycles. The fourth-order valence-electron chi connectivity index (χ4n) is 5.44. The maximum Gasteiger partial charge on any atom is 0.332 e. The molecule has 0 aliphatic carbocycles. The summed E-state index contributed by atoms with van der Waals surface area (Å²) in [4.78, 5) is 47.0. The first-order valence-corrected chi connectivity index (χ1v) is 13.2. The highest BCUT2D eigenvalue weighted by molar-refractivity contribution is 6.25. The maximum absolute atomic E-state index is 14.1. The number of anilines is 1. The molecule has 0 spiro atoms. The van der Waals surface area contributed by atoms with E-state index in [9.17, 15) is 14.4 Å². The van der Waals surface area contributed by atoms with E-state index in [0.717, 1.165) is 40.0 Å². The number of aromatic nitrogens is 1. The van der Waals surface area contributed by atoms with Crippen molar-refractivity contribution in [1.29, 1.82) is 0 Å². The molecule has 0 bridgehead atoms. The van der Waals surface area contributed by atoms with E-state index in [1.54, 1.807) is 43.2 Å². The molecule has 2 N–H and O–H groups in total. The number of nitrogens with zero attached hydrogens (tertiary/aromatic N) is 2. The van der Waals surface area contributed by atoms with Crippen molar-refractivity contribution in [3.05, 3.63) is 59.3 Å². The Hall–Kier alpha value is -3.85. The number of H-pyrrole nitrogens is 1. The molecule has 9 heteroatoms. The highest BCUT2D eigenvalue weighted by Gasteiger charge is 2.59. The van der Waals surface area contributed by atoms with E-state index in [0.29, 0.717) is 44.8 Å². The molecule has 5 rings (SSSR count). The summed E-state index contributed by atoms with van der Waals surface area (Å²) in [7, 11) is 1.62. The van der Waals surface area contributed by atoms with Crippen molar-refractivity contribution in [1.82, 2.24) is 15.2 Å². The molecule has 200 valence electrons. The number of benzene rings is 2. The van der Waals surface area contributed by atoms with E-state index < -0.39 is 11.6 Å². The predicted octanol–water partition coefficient (Wildman–Crippen LogP) is 4.35. The van der Waals surface area contributed by atoms with Gasteiger partial charge in [0, 0.05) is 37.2 Å². The molecule has 1 saturated heterocycles. The number of amides is 4. The van der Waals surface area contributed by atoms with Gasteiger partial charge in [0.25, 0.3) is 11.8 Å². The Balaban J connectivity index is 1.41. The van der Waals surface area contributed by atoms with Crippen LogP contribution in [0.15, 0.2) is 42.5 Å². The Morgan fingerprint density at radius 2 is 1.92 bits per heavy atom. The Morgan fingerprint density at radius 3 is 2.71 bits per heavy atom. The van der Waals surface area contributed by atoms with Gasteiger partial charge in [0.05, 0.1) is 24.1 Å². The average Bonchev–Trinajstić information content (AvgIpc) is 3.40. The van der Waals surface area contributed by atoms with Crippen LogP contribution < -0.4 is 15.0 Å². The quantitative estimate of drug-likeness (QED) is 0.307. The van der Waals surface area contributed by atoms with E-state index in [2.05, 4.69) is 17.2 Å². The number of carbonyl (C=O) groups is 3. The van der Waals surface area contributed by atoms with Crippen molar-refractivity contribution in [3.63, 3.8) is 0 Å². The zero-order valence-corrected chi connectivity index (χ0v) is 22.1. The van der Waals surface area contributed by atoms with Gasteiger partial charge in [-0.05, 0) is 62.1 Å². The van der Waals surface area contributed by atoms with Crippen LogP contribution in [0.25, 0.3) is 10.9 Å². The SMILES string of the molecule is CCCCOCCCNC(=O)c1ccccc1N1C(=O)N2CCc3c([nH]c4ccc(OC)cc34)C2(C)C1=O. The number of unbranched alkanes of at least 4 members (excludes halogenated alkanes) is 1. The van der Waals surface area contributed by atoms with Crippen LogP contribution in [-0.4, -0.2) is 61.1 Å². The molecule has 4 amide bonds. The number of imide groups is 1. The number of hydrogen-bond donors (Lipinski definition) is 2. The Kier molecular flexibility index (Phi) is 7.12. The highest BCUT2D eigenvalue weighted by atomic mass is 16.5. The molecular weight excluding hydrogens is 484 g/mol. The van der Waals surface area contributed by atoms with Gasteiger partial charge in [-0.25, -0.2) is 9.69 Å². The van der Waals surface area contributed by atoms with E-state index in [1.807, 2.05) is 18.2 Å². The lowest BCUT2D eigenvalue weighted by Crippen LogP contribution is -2.49. The average molecular weight is 519 g/mol. The van der Waals surface area contributed by atoms with Gasteiger partial charge in [-0.2, -0.15) is 0 Å². The topological polar surface area (TPSA) is 104 Å². The minimum absolute atomic E-state index is 0.283. The summed E-state index contributed by atoms with van der Waals surface area (Å²) in [6.45, 7) is 6.00. The second-order valence-electron chi connectivity index (χ2n) is 9.88. The fraction of sp³-hybridized carbons (Fsp3) is 0.414. The Bertz CT molecular complexity index is 1380. The lowest BCUT2D eigenvalue weighted by Gasteiger charge is -2.35. The van der Waals surface area contributed by atoms with Crippen LogP contribution in [0.4, 0.5) is 10.5 Å². The van der Waals surface area contributed by atoms with Crippen molar-refractivity contribution >= 4 is 34.4 Å². The molecule has 1 unspecified atom stereocenters. The van der Waals surface area contributed by atoms with Crippen LogP contribution in [0, 0.1) is 0 Å². The Labute approximate surface area is 222 Å². The van der Waals surface area contributed by atoms with Crippen molar-refractivity contribution < 1.29 is 23.9 Å². The largest absolute Gasteiger partial charge is 0.497 e. The summed E-state index contributed by atoms with van der Waals surface area (Å²) in [5.41, 5.74) is 1.96. The number of ether oxygens (including phenoxy) is 2. The van der Waals surface area contributed by atoms with Crippen molar-refractivity contribution in [2.24, 2.45) is 0 Å². The van der Waals surface area contributed by atoms with Crippen LogP contribution in [-0.2, 0) is 21.5 Å².